The van der Waals surface area contributed by atoms with Crippen molar-refractivity contribution in [2.24, 2.45) is 0 Å². The molecular weight excluding hydrogens is 429 g/mol. The van der Waals surface area contributed by atoms with Crippen LogP contribution in [0.25, 0.3) is 21.9 Å². The fourth-order valence-corrected chi connectivity index (χ4v) is 4.76. The SMILES string of the molecule is CCN(CC)C(=O)Cc1csc2nc(C)c(-c3cc(C)n(-c4ccccc4F)n3)c(=O)n12. The summed E-state index contributed by atoms with van der Waals surface area (Å²) in [6, 6.07) is 8.10. The maximum absolute atomic E-state index is 14.3. The van der Waals surface area contributed by atoms with E-state index in [9.17, 15) is 14.0 Å². The zero-order valence-corrected chi connectivity index (χ0v) is 19.2. The normalized spacial score (nSPS) is 11.3. The highest BCUT2D eigenvalue weighted by Gasteiger charge is 2.21. The molecule has 0 bridgehead atoms. The highest BCUT2D eigenvalue weighted by Crippen LogP contribution is 2.24. The maximum Gasteiger partial charge on any atom is 0.268 e. The summed E-state index contributed by atoms with van der Waals surface area (Å²) in [4.78, 5) is 33.0. The number of hydrogen-bond donors (Lipinski definition) is 0. The molecule has 4 rings (SSSR count). The molecule has 7 nitrogen and oxygen atoms in total. The molecule has 1 aromatic carbocycles. The number of likely N-dealkylation sites (N-methyl/N-ethyl adjacent to an activating group) is 1. The summed E-state index contributed by atoms with van der Waals surface area (Å²) in [5, 5.41) is 6.32. The van der Waals surface area contributed by atoms with Crippen molar-refractivity contribution in [1.29, 1.82) is 0 Å². The van der Waals surface area contributed by atoms with E-state index in [-0.39, 0.29) is 17.9 Å². The summed E-state index contributed by atoms with van der Waals surface area (Å²) < 4.78 is 17.3. The fraction of sp³-hybridized carbons (Fsp3) is 0.304. The first kappa shape index (κ1) is 21.9. The summed E-state index contributed by atoms with van der Waals surface area (Å²) >= 11 is 1.33. The van der Waals surface area contributed by atoms with E-state index in [2.05, 4.69) is 10.1 Å². The smallest absolute Gasteiger partial charge is 0.268 e. The quantitative estimate of drug-likeness (QED) is 0.446. The van der Waals surface area contributed by atoms with Gasteiger partial charge >= 0.3 is 0 Å². The Bertz CT molecular complexity index is 1370. The van der Waals surface area contributed by atoms with Gasteiger partial charge < -0.3 is 4.90 Å². The molecule has 0 radical (unpaired) electrons. The first-order chi connectivity index (χ1) is 15.3. The third-order valence-electron chi connectivity index (χ3n) is 5.49. The Hall–Kier alpha value is -3.33. The zero-order chi connectivity index (χ0) is 23.0. The van der Waals surface area contributed by atoms with Crippen molar-refractivity contribution in [1.82, 2.24) is 24.1 Å². The molecule has 9 heteroatoms. The van der Waals surface area contributed by atoms with Gasteiger partial charge in [-0.25, -0.2) is 14.1 Å². The van der Waals surface area contributed by atoms with Crippen LogP contribution in [0.1, 0.15) is 30.9 Å². The average molecular weight is 454 g/mol. The van der Waals surface area contributed by atoms with Crippen LogP contribution in [0, 0.1) is 19.7 Å². The highest BCUT2D eigenvalue weighted by atomic mass is 32.1. The number of halogens is 1. The van der Waals surface area contributed by atoms with Gasteiger partial charge in [0.1, 0.15) is 17.2 Å². The minimum Gasteiger partial charge on any atom is -0.343 e. The number of nitrogens with zero attached hydrogens (tertiary/aromatic N) is 5. The molecule has 0 fully saturated rings. The predicted molar refractivity (Wildman–Crippen MR) is 123 cm³/mol. The molecule has 0 saturated heterocycles. The van der Waals surface area contributed by atoms with E-state index in [1.807, 2.05) is 13.8 Å². The number of benzene rings is 1. The van der Waals surface area contributed by atoms with Gasteiger partial charge in [-0.15, -0.1) is 11.3 Å². The van der Waals surface area contributed by atoms with Crippen molar-refractivity contribution in [3.8, 4) is 16.9 Å². The third-order valence-corrected chi connectivity index (χ3v) is 6.37. The van der Waals surface area contributed by atoms with E-state index in [0.29, 0.717) is 52.1 Å². The molecule has 0 aliphatic rings. The molecule has 32 heavy (non-hydrogen) atoms. The van der Waals surface area contributed by atoms with Gasteiger partial charge in [-0.3, -0.25) is 14.0 Å². The van der Waals surface area contributed by atoms with E-state index in [1.165, 1.54) is 26.5 Å². The fourth-order valence-electron chi connectivity index (χ4n) is 3.83. The van der Waals surface area contributed by atoms with Crippen molar-refractivity contribution in [3.05, 3.63) is 69.0 Å². The lowest BCUT2D eigenvalue weighted by Gasteiger charge is -2.18. The van der Waals surface area contributed by atoms with E-state index >= 15 is 0 Å². The number of carbonyl (C=O) groups is 1. The summed E-state index contributed by atoms with van der Waals surface area (Å²) in [7, 11) is 0. The van der Waals surface area contributed by atoms with Gasteiger partial charge in [0.2, 0.25) is 5.91 Å². The van der Waals surface area contributed by atoms with E-state index < -0.39 is 5.82 Å². The van der Waals surface area contributed by atoms with Crippen LogP contribution >= 0.6 is 11.3 Å². The molecule has 0 aliphatic carbocycles. The molecule has 3 heterocycles. The molecule has 1 amide bonds. The molecular formula is C23H24FN5O2S. The molecule has 0 N–H and O–H groups in total. The van der Waals surface area contributed by atoms with Crippen LogP contribution in [0.3, 0.4) is 0 Å². The molecule has 166 valence electrons. The van der Waals surface area contributed by atoms with E-state index in [4.69, 9.17) is 0 Å². The lowest BCUT2D eigenvalue weighted by Crippen LogP contribution is -2.32. The summed E-state index contributed by atoms with van der Waals surface area (Å²) in [5.41, 5.74) is 2.62. The summed E-state index contributed by atoms with van der Waals surface area (Å²) in [6.07, 6.45) is 0.120. The van der Waals surface area contributed by atoms with Crippen LogP contribution in [0.5, 0.6) is 0 Å². The molecule has 0 atom stereocenters. The van der Waals surface area contributed by atoms with E-state index in [0.717, 1.165) is 0 Å². The van der Waals surface area contributed by atoms with Crippen LogP contribution in [0.15, 0.2) is 40.5 Å². The number of aromatic nitrogens is 4. The number of carbonyl (C=O) groups excluding carboxylic acids is 1. The lowest BCUT2D eigenvalue weighted by atomic mass is 10.1. The van der Waals surface area contributed by atoms with Gasteiger partial charge in [0.25, 0.3) is 5.56 Å². The lowest BCUT2D eigenvalue weighted by molar-refractivity contribution is -0.130. The number of para-hydroxylation sites is 1. The Kier molecular flexibility index (Phi) is 5.92. The number of aryl methyl sites for hydroxylation is 2. The minimum absolute atomic E-state index is 0.0385. The summed E-state index contributed by atoms with van der Waals surface area (Å²) in [5.74, 6) is -0.439. The first-order valence-electron chi connectivity index (χ1n) is 10.4. The highest BCUT2D eigenvalue weighted by molar-refractivity contribution is 7.15. The standard InChI is InChI=1S/C23H24FN5O2S/c1-5-27(6-2)20(30)12-16-13-32-23-25-15(4)21(22(31)28(16)23)18-11-14(3)29(26-18)19-10-8-7-9-17(19)24/h7-11,13H,5-6,12H2,1-4H3. The number of hydrogen-bond acceptors (Lipinski definition) is 5. The third kappa shape index (κ3) is 3.73. The van der Waals surface area contributed by atoms with Gasteiger partial charge in [-0.2, -0.15) is 5.10 Å². The van der Waals surface area contributed by atoms with Crippen molar-refractivity contribution in [2.45, 2.75) is 34.1 Å². The average Bonchev–Trinajstić information content (AvgIpc) is 3.32. The van der Waals surface area contributed by atoms with Crippen molar-refractivity contribution in [2.75, 3.05) is 13.1 Å². The maximum atomic E-state index is 14.3. The Morgan fingerprint density at radius 2 is 1.91 bits per heavy atom. The second-order valence-corrected chi connectivity index (χ2v) is 8.34. The minimum atomic E-state index is -0.401. The Balaban J connectivity index is 1.83. The van der Waals surface area contributed by atoms with Crippen LogP contribution in [-0.2, 0) is 11.2 Å². The molecule has 4 aromatic rings. The largest absolute Gasteiger partial charge is 0.343 e. The second-order valence-electron chi connectivity index (χ2n) is 7.50. The van der Waals surface area contributed by atoms with Crippen LogP contribution in [-0.4, -0.2) is 43.1 Å². The molecule has 0 aliphatic heterocycles. The van der Waals surface area contributed by atoms with E-state index in [1.54, 1.807) is 48.4 Å². The second kappa shape index (κ2) is 8.66. The number of thiazole rings is 1. The van der Waals surface area contributed by atoms with Crippen LogP contribution in [0.4, 0.5) is 4.39 Å². The van der Waals surface area contributed by atoms with Gasteiger partial charge in [0.05, 0.1) is 17.7 Å². The monoisotopic (exact) mass is 453 g/mol. The molecule has 0 saturated carbocycles. The van der Waals surface area contributed by atoms with Crippen LogP contribution < -0.4 is 5.56 Å². The molecule has 3 aromatic heterocycles. The van der Waals surface area contributed by atoms with Crippen molar-refractivity contribution >= 4 is 22.2 Å². The number of rotatable bonds is 6. The van der Waals surface area contributed by atoms with Gasteiger partial charge in [0, 0.05) is 29.9 Å². The zero-order valence-electron chi connectivity index (χ0n) is 18.4. The first-order valence-corrected chi connectivity index (χ1v) is 11.3. The van der Waals surface area contributed by atoms with Crippen molar-refractivity contribution in [3.63, 3.8) is 0 Å². The van der Waals surface area contributed by atoms with Gasteiger partial charge in [-0.1, -0.05) is 12.1 Å². The van der Waals surface area contributed by atoms with Gasteiger partial charge in [0.15, 0.2) is 4.96 Å². The van der Waals surface area contributed by atoms with Crippen molar-refractivity contribution < 1.29 is 9.18 Å². The predicted octanol–water partition coefficient (Wildman–Crippen LogP) is 3.78. The van der Waals surface area contributed by atoms with Crippen LogP contribution in [0.2, 0.25) is 0 Å². The number of fused-ring (bicyclic) bond motifs is 1. The summed E-state index contributed by atoms with van der Waals surface area (Å²) in [6.45, 7) is 8.64. The number of amides is 1. The Morgan fingerprint density at radius 3 is 2.59 bits per heavy atom. The Labute approximate surface area is 188 Å². The topological polar surface area (TPSA) is 72.5 Å². The van der Waals surface area contributed by atoms with Gasteiger partial charge in [-0.05, 0) is 45.9 Å². The molecule has 0 spiro atoms. The Morgan fingerprint density at radius 1 is 1.19 bits per heavy atom. The molecule has 0 unspecified atom stereocenters.